The van der Waals surface area contributed by atoms with Crippen molar-refractivity contribution in [3.63, 3.8) is 0 Å². The normalized spacial score (nSPS) is 24.7. The first kappa shape index (κ1) is 14.7. The van der Waals surface area contributed by atoms with E-state index >= 15 is 0 Å². The largest absolute Gasteiger partial charge is 0.364 e. The Morgan fingerprint density at radius 3 is 2.91 bits per heavy atom. The number of fused-ring (bicyclic) bond motifs is 1. The Kier molecular flexibility index (Phi) is 3.79. The first-order chi connectivity index (χ1) is 11.2. The molecule has 1 aromatic carbocycles. The molecule has 6 heteroatoms. The smallest absolute Gasteiger partial charge is 0.253 e. The molecule has 2 fully saturated rings. The number of rotatable bonds is 4. The zero-order chi connectivity index (χ0) is 15.8. The van der Waals surface area contributed by atoms with Crippen molar-refractivity contribution in [2.75, 3.05) is 11.9 Å². The maximum atomic E-state index is 12.3. The minimum absolute atomic E-state index is 0.00544. The molecule has 23 heavy (non-hydrogen) atoms. The van der Waals surface area contributed by atoms with Gasteiger partial charge < -0.3 is 20.8 Å². The molecule has 1 aliphatic heterocycles. The number of aromatic amines is 1. The molecule has 6 nitrogen and oxygen atoms in total. The van der Waals surface area contributed by atoms with Gasteiger partial charge in [-0.3, -0.25) is 4.79 Å². The van der Waals surface area contributed by atoms with Crippen molar-refractivity contribution < 1.29 is 9.53 Å². The second-order valence-electron chi connectivity index (χ2n) is 6.53. The second kappa shape index (κ2) is 5.94. The quantitative estimate of drug-likeness (QED) is 0.807. The molecule has 1 aromatic heterocycles. The van der Waals surface area contributed by atoms with E-state index in [-0.39, 0.29) is 12.0 Å². The van der Waals surface area contributed by atoms with Gasteiger partial charge in [0.15, 0.2) is 0 Å². The van der Waals surface area contributed by atoms with E-state index in [9.17, 15) is 4.79 Å². The standard InChI is InChI=1S/C17H22N4O2/c18-9-12-5-7-15(23-12)17(22)19-11-4-6-13-14(8-11)21-16(20-13)10-2-1-3-10/h4,6,8,10,12,15H,1-3,5,7,9,18H2,(H,19,22)(H,20,21)/t12-,15+/m1/s1. The summed E-state index contributed by atoms with van der Waals surface area (Å²) in [5.41, 5.74) is 8.27. The van der Waals surface area contributed by atoms with Gasteiger partial charge in [-0.1, -0.05) is 6.42 Å². The number of aromatic nitrogens is 2. The number of carbonyl (C=O) groups is 1. The van der Waals surface area contributed by atoms with Gasteiger partial charge in [-0.25, -0.2) is 4.98 Å². The highest BCUT2D eigenvalue weighted by Gasteiger charge is 2.30. The number of carbonyl (C=O) groups excluding carboxylic acids is 1. The number of imidazole rings is 1. The molecule has 2 heterocycles. The van der Waals surface area contributed by atoms with Gasteiger partial charge in [-0.2, -0.15) is 0 Å². The molecule has 0 bridgehead atoms. The van der Waals surface area contributed by atoms with E-state index in [1.54, 1.807) is 0 Å². The van der Waals surface area contributed by atoms with Gasteiger partial charge in [-0.05, 0) is 43.9 Å². The molecule has 0 unspecified atom stereocenters. The van der Waals surface area contributed by atoms with Crippen molar-refractivity contribution in [1.82, 2.24) is 9.97 Å². The minimum atomic E-state index is -0.397. The van der Waals surface area contributed by atoms with Gasteiger partial charge in [-0.15, -0.1) is 0 Å². The van der Waals surface area contributed by atoms with Crippen LogP contribution in [0.15, 0.2) is 18.2 Å². The molecule has 1 aliphatic carbocycles. The van der Waals surface area contributed by atoms with E-state index in [1.807, 2.05) is 18.2 Å². The lowest BCUT2D eigenvalue weighted by Crippen LogP contribution is -2.29. The maximum absolute atomic E-state index is 12.3. The van der Waals surface area contributed by atoms with Gasteiger partial charge in [0, 0.05) is 18.2 Å². The Labute approximate surface area is 134 Å². The van der Waals surface area contributed by atoms with Gasteiger partial charge >= 0.3 is 0 Å². The van der Waals surface area contributed by atoms with Crippen molar-refractivity contribution in [1.29, 1.82) is 0 Å². The third-order valence-electron chi connectivity index (χ3n) is 4.92. The van der Waals surface area contributed by atoms with E-state index < -0.39 is 6.10 Å². The van der Waals surface area contributed by atoms with Crippen LogP contribution in [-0.4, -0.2) is 34.6 Å². The molecule has 1 saturated carbocycles. The number of anilines is 1. The van der Waals surface area contributed by atoms with Crippen molar-refractivity contribution in [2.24, 2.45) is 5.73 Å². The number of H-pyrrole nitrogens is 1. The van der Waals surface area contributed by atoms with Crippen molar-refractivity contribution >= 4 is 22.6 Å². The summed E-state index contributed by atoms with van der Waals surface area (Å²) in [5, 5.41) is 2.93. The molecule has 1 saturated heterocycles. The number of nitrogens with one attached hydrogen (secondary N) is 2. The first-order valence-corrected chi connectivity index (χ1v) is 8.39. The van der Waals surface area contributed by atoms with Crippen LogP contribution < -0.4 is 11.1 Å². The summed E-state index contributed by atoms with van der Waals surface area (Å²) in [5.74, 6) is 1.54. The van der Waals surface area contributed by atoms with Gasteiger partial charge in [0.05, 0.1) is 17.1 Å². The number of nitrogens with zero attached hydrogens (tertiary/aromatic N) is 1. The Balaban J connectivity index is 1.47. The van der Waals surface area contributed by atoms with Gasteiger partial charge in [0.2, 0.25) is 0 Å². The first-order valence-electron chi connectivity index (χ1n) is 8.39. The lowest BCUT2D eigenvalue weighted by atomic mass is 9.85. The number of amides is 1. The van der Waals surface area contributed by atoms with E-state index in [0.717, 1.165) is 35.4 Å². The van der Waals surface area contributed by atoms with Crippen molar-refractivity contribution in [2.45, 2.75) is 50.2 Å². The number of nitrogens with two attached hydrogens (primary N) is 1. The van der Waals surface area contributed by atoms with Gasteiger partial charge in [0.25, 0.3) is 5.91 Å². The molecule has 1 amide bonds. The Bertz CT molecular complexity index is 722. The van der Waals surface area contributed by atoms with Crippen LogP contribution in [0.4, 0.5) is 5.69 Å². The molecule has 2 aromatic rings. The SMILES string of the molecule is NC[C@H]1CC[C@@H](C(=O)Nc2ccc3nc(C4CCC4)[nH]c3c2)O1. The summed E-state index contributed by atoms with van der Waals surface area (Å²) in [6, 6.07) is 5.78. The lowest BCUT2D eigenvalue weighted by Gasteiger charge is -2.22. The van der Waals surface area contributed by atoms with Crippen LogP contribution in [0.1, 0.15) is 43.8 Å². The fourth-order valence-electron chi connectivity index (χ4n) is 3.28. The van der Waals surface area contributed by atoms with Crippen LogP contribution >= 0.6 is 0 Å². The molecular weight excluding hydrogens is 292 g/mol. The number of ether oxygens (including phenoxy) is 1. The second-order valence-corrected chi connectivity index (χ2v) is 6.53. The third kappa shape index (κ3) is 2.84. The van der Waals surface area contributed by atoms with Crippen molar-refractivity contribution in [3.8, 4) is 0 Å². The molecular formula is C17H22N4O2. The topological polar surface area (TPSA) is 93.0 Å². The highest BCUT2D eigenvalue weighted by molar-refractivity contribution is 5.96. The van der Waals surface area contributed by atoms with Crippen LogP contribution in [0.25, 0.3) is 11.0 Å². The molecule has 0 spiro atoms. The molecule has 4 rings (SSSR count). The average Bonchev–Trinajstić information content (AvgIpc) is 3.11. The minimum Gasteiger partial charge on any atom is -0.364 e. The monoisotopic (exact) mass is 314 g/mol. The van der Waals surface area contributed by atoms with E-state index in [2.05, 4.69) is 15.3 Å². The average molecular weight is 314 g/mol. The van der Waals surface area contributed by atoms with E-state index in [4.69, 9.17) is 10.5 Å². The molecule has 2 atom stereocenters. The number of hydrogen-bond donors (Lipinski definition) is 3. The zero-order valence-electron chi connectivity index (χ0n) is 13.0. The molecule has 122 valence electrons. The Morgan fingerprint density at radius 2 is 2.22 bits per heavy atom. The van der Waals surface area contributed by atoms with Crippen molar-refractivity contribution in [3.05, 3.63) is 24.0 Å². The van der Waals surface area contributed by atoms with E-state index in [0.29, 0.717) is 12.5 Å². The highest BCUT2D eigenvalue weighted by Crippen LogP contribution is 2.35. The Hall–Kier alpha value is -1.92. The van der Waals surface area contributed by atoms with Crippen LogP contribution in [0.5, 0.6) is 0 Å². The number of hydrogen-bond acceptors (Lipinski definition) is 4. The summed E-state index contributed by atoms with van der Waals surface area (Å²) < 4.78 is 5.63. The fraction of sp³-hybridized carbons (Fsp3) is 0.529. The Morgan fingerprint density at radius 1 is 1.35 bits per heavy atom. The highest BCUT2D eigenvalue weighted by atomic mass is 16.5. The third-order valence-corrected chi connectivity index (χ3v) is 4.92. The van der Waals surface area contributed by atoms with E-state index in [1.165, 1.54) is 19.3 Å². The number of benzene rings is 1. The van der Waals surface area contributed by atoms with Crippen LogP contribution in [0, 0.1) is 0 Å². The lowest BCUT2D eigenvalue weighted by molar-refractivity contribution is -0.126. The van der Waals surface area contributed by atoms with Gasteiger partial charge in [0.1, 0.15) is 11.9 Å². The predicted molar refractivity (Wildman–Crippen MR) is 88.3 cm³/mol. The molecule has 2 aliphatic rings. The molecule has 4 N–H and O–H groups in total. The summed E-state index contributed by atoms with van der Waals surface area (Å²) in [7, 11) is 0. The van der Waals surface area contributed by atoms with Crippen LogP contribution in [-0.2, 0) is 9.53 Å². The molecule has 0 radical (unpaired) electrons. The zero-order valence-corrected chi connectivity index (χ0v) is 13.0. The summed E-state index contributed by atoms with van der Waals surface area (Å²) in [4.78, 5) is 20.3. The summed E-state index contributed by atoms with van der Waals surface area (Å²) in [6.45, 7) is 0.466. The van der Waals surface area contributed by atoms with Crippen LogP contribution in [0.3, 0.4) is 0 Å². The predicted octanol–water partition coefficient (Wildman–Crippen LogP) is 2.28. The summed E-state index contributed by atoms with van der Waals surface area (Å²) >= 11 is 0. The fourth-order valence-corrected chi connectivity index (χ4v) is 3.28. The summed E-state index contributed by atoms with van der Waals surface area (Å²) in [6.07, 6.45) is 4.89. The van der Waals surface area contributed by atoms with Crippen LogP contribution in [0.2, 0.25) is 0 Å². The maximum Gasteiger partial charge on any atom is 0.253 e.